The largest absolute Gasteiger partial charge is 0.396 e. The van der Waals surface area contributed by atoms with Crippen molar-refractivity contribution in [1.29, 1.82) is 0 Å². The lowest BCUT2D eigenvalue weighted by molar-refractivity contribution is 0.0910. The summed E-state index contributed by atoms with van der Waals surface area (Å²) in [6.07, 6.45) is 6.45. The lowest BCUT2D eigenvalue weighted by atomic mass is 9.89. The van der Waals surface area contributed by atoms with E-state index in [0.29, 0.717) is 24.5 Å². The summed E-state index contributed by atoms with van der Waals surface area (Å²) in [5.74, 6) is 1.10. The molecular weight excluding hydrogens is 234 g/mol. The standard InChI is InChI=1S/C17H25NO/c19-13-15-9-10-16(14-7-3-1-4-8-14)17(15)18-11-5-2-6-12-18/h1,3-4,7-8,15-17,19H,2,5-6,9-13H2/t15-,16+,17+/m0/s1. The van der Waals surface area contributed by atoms with E-state index in [1.807, 2.05) is 0 Å². The van der Waals surface area contributed by atoms with Gasteiger partial charge in [-0.3, -0.25) is 4.90 Å². The van der Waals surface area contributed by atoms with E-state index in [-0.39, 0.29) is 0 Å². The van der Waals surface area contributed by atoms with Crippen LogP contribution in [-0.4, -0.2) is 35.7 Å². The smallest absolute Gasteiger partial charge is 0.0474 e. The van der Waals surface area contributed by atoms with Crippen LogP contribution in [0.3, 0.4) is 0 Å². The van der Waals surface area contributed by atoms with Gasteiger partial charge in [0.2, 0.25) is 0 Å². The molecule has 0 radical (unpaired) electrons. The molecule has 2 aliphatic rings. The fourth-order valence-corrected chi connectivity index (χ4v) is 4.10. The molecule has 1 aromatic carbocycles. The average Bonchev–Trinajstić information content (AvgIpc) is 2.93. The summed E-state index contributed by atoms with van der Waals surface area (Å²) < 4.78 is 0. The Balaban J connectivity index is 1.82. The number of likely N-dealkylation sites (tertiary alicyclic amines) is 1. The van der Waals surface area contributed by atoms with Crippen molar-refractivity contribution in [3.63, 3.8) is 0 Å². The van der Waals surface area contributed by atoms with Gasteiger partial charge in [0.15, 0.2) is 0 Å². The summed E-state index contributed by atoms with van der Waals surface area (Å²) in [5.41, 5.74) is 1.47. The van der Waals surface area contributed by atoms with Crippen molar-refractivity contribution in [2.75, 3.05) is 19.7 Å². The van der Waals surface area contributed by atoms with Crippen molar-refractivity contribution in [2.45, 2.75) is 44.1 Å². The molecule has 2 heteroatoms. The fraction of sp³-hybridized carbons (Fsp3) is 0.647. The van der Waals surface area contributed by atoms with E-state index in [1.165, 1.54) is 50.8 Å². The monoisotopic (exact) mass is 259 g/mol. The van der Waals surface area contributed by atoms with E-state index in [2.05, 4.69) is 35.2 Å². The van der Waals surface area contributed by atoms with E-state index in [4.69, 9.17) is 0 Å². The Hall–Kier alpha value is -0.860. The van der Waals surface area contributed by atoms with Crippen LogP contribution >= 0.6 is 0 Å². The third-order valence-electron chi connectivity index (χ3n) is 5.02. The molecule has 0 amide bonds. The zero-order valence-electron chi connectivity index (χ0n) is 11.7. The van der Waals surface area contributed by atoms with Crippen LogP contribution in [0.1, 0.15) is 43.6 Å². The van der Waals surface area contributed by atoms with Crippen LogP contribution in [0.2, 0.25) is 0 Å². The first-order valence-corrected chi connectivity index (χ1v) is 7.80. The van der Waals surface area contributed by atoms with Gasteiger partial charge < -0.3 is 5.11 Å². The van der Waals surface area contributed by atoms with Gasteiger partial charge in [0, 0.05) is 12.6 Å². The van der Waals surface area contributed by atoms with Gasteiger partial charge >= 0.3 is 0 Å². The van der Waals surface area contributed by atoms with Crippen LogP contribution in [0.25, 0.3) is 0 Å². The lowest BCUT2D eigenvalue weighted by Crippen LogP contribution is -2.44. The molecule has 1 saturated heterocycles. The molecule has 0 bridgehead atoms. The summed E-state index contributed by atoms with van der Waals surface area (Å²) in [6.45, 7) is 2.81. The van der Waals surface area contributed by atoms with E-state index in [9.17, 15) is 5.11 Å². The van der Waals surface area contributed by atoms with Crippen LogP contribution in [0.4, 0.5) is 0 Å². The highest BCUT2D eigenvalue weighted by Crippen LogP contribution is 2.42. The van der Waals surface area contributed by atoms with Crippen molar-refractivity contribution < 1.29 is 5.11 Å². The maximum absolute atomic E-state index is 9.71. The molecule has 104 valence electrons. The van der Waals surface area contributed by atoms with Crippen molar-refractivity contribution in [3.05, 3.63) is 35.9 Å². The highest BCUT2D eigenvalue weighted by Gasteiger charge is 2.40. The molecular formula is C17H25NO. The van der Waals surface area contributed by atoms with Crippen LogP contribution in [0.5, 0.6) is 0 Å². The molecule has 0 unspecified atom stereocenters. The Labute approximate surface area is 116 Å². The number of hydrogen-bond acceptors (Lipinski definition) is 2. The highest BCUT2D eigenvalue weighted by atomic mass is 16.3. The van der Waals surface area contributed by atoms with E-state index >= 15 is 0 Å². The predicted octanol–water partition coefficient (Wildman–Crippen LogP) is 3.03. The third kappa shape index (κ3) is 2.70. The SMILES string of the molecule is OC[C@@H]1CC[C@H](c2ccccc2)[C@@H]1N1CCCCC1. The van der Waals surface area contributed by atoms with Crippen LogP contribution in [0.15, 0.2) is 30.3 Å². The molecule has 1 heterocycles. The maximum Gasteiger partial charge on any atom is 0.0474 e. The van der Waals surface area contributed by atoms with Gasteiger partial charge in [0.1, 0.15) is 0 Å². The fourth-order valence-electron chi connectivity index (χ4n) is 4.10. The van der Waals surface area contributed by atoms with Crippen LogP contribution < -0.4 is 0 Å². The molecule has 0 aromatic heterocycles. The molecule has 1 aliphatic carbocycles. The molecule has 3 atom stereocenters. The van der Waals surface area contributed by atoms with Gasteiger partial charge in [0.05, 0.1) is 0 Å². The minimum Gasteiger partial charge on any atom is -0.396 e. The number of aliphatic hydroxyl groups is 1. The zero-order valence-corrected chi connectivity index (χ0v) is 11.7. The Bertz CT molecular complexity index is 386. The summed E-state index contributed by atoms with van der Waals surface area (Å²) >= 11 is 0. The molecule has 1 aliphatic heterocycles. The second-order valence-electron chi connectivity index (χ2n) is 6.12. The molecule has 2 nitrogen and oxygen atoms in total. The second-order valence-corrected chi connectivity index (χ2v) is 6.12. The number of rotatable bonds is 3. The Morgan fingerprint density at radius 2 is 1.74 bits per heavy atom. The quantitative estimate of drug-likeness (QED) is 0.902. The predicted molar refractivity (Wildman–Crippen MR) is 78.2 cm³/mol. The first kappa shape index (κ1) is 13.1. The maximum atomic E-state index is 9.71. The summed E-state index contributed by atoms with van der Waals surface area (Å²) in [7, 11) is 0. The molecule has 19 heavy (non-hydrogen) atoms. The number of hydrogen-bond donors (Lipinski definition) is 1. The van der Waals surface area contributed by atoms with Crippen molar-refractivity contribution >= 4 is 0 Å². The molecule has 1 N–H and O–H groups in total. The van der Waals surface area contributed by atoms with E-state index in [1.54, 1.807) is 0 Å². The molecule has 0 spiro atoms. The van der Waals surface area contributed by atoms with Crippen molar-refractivity contribution in [2.24, 2.45) is 5.92 Å². The van der Waals surface area contributed by atoms with Crippen molar-refractivity contribution in [3.8, 4) is 0 Å². The number of piperidine rings is 1. The van der Waals surface area contributed by atoms with Crippen LogP contribution in [0, 0.1) is 5.92 Å². The Kier molecular flexibility index (Phi) is 4.19. The summed E-state index contributed by atoms with van der Waals surface area (Å²) in [5, 5.41) is 9.71. The molecule has 3 rings (SSSR count). The Morgan fingerprint density at radius 3 is 2.42 bits per heavy atom. The third-order valence-corrected chi connectivity index (χ3v) is 5.02. The molecule has 1 aromatic rings. The minimum atomic E-state index is 0.352. The average molecular weight is 259 g/mol. The zero-order chi connectivity index (χ0) is 13.1. The van der Waals surface area contributed by atoms with E-state index < -0.39 is 0 Å². The minimum absolute atomic E-state index is 0.352. The van der Waals surface area contributed by atoms with Gasteiger partial charge in [-0.1, -0.05) is 36.8 Å². The van der Waals surface area contributed by atoms with E-state index in [0.717, 1.165) is 0 Å². The van der Waals surface area contributed by atoms with Crippen LogP contribution in [-0.2, 0) is 0 Å². The van der Waals surface area contributed by atoms with Gasteiger partial charge in [-0.05, 0) is 56.2 Å². The van der Waals surface area contributed by atoms with Gasteiger partial charge in [-0.15, -0.1) is 0 Å². The highest BCUT2D eigenvalue weighted by molar-refractivity contribution is 5.23. The summed E-state index contributed by atoms with van der Waals surface area (Å²) in [6, 6.07) is 11.5. The van der Waals surface area contributed by atoms with Gasteiger partial charge in [0.25, 0.3) is 0 Å². The second kappa shape index (κ2) is 6.06. The molecule has 2 fully saturated rings. The summed E-state index contributed by atoms with van der Waals surface area (Å²) in [4.78, 5) is 2.66. The number of aliphatic hydroxyl groups excluding tert-OH is 1. The molecule has 1 saturated carbocycles. The van der Waals surface area contributed by atoms with Gasteiger partial charge in [-0.25, -0.2) is 0 Å². The number of nitrogens with zero attached hydrogens (tertiary/aromatic N) is 1. The normalized spacial score (nSPS) is 32.6. The number of benzene rings is 1. The first-order valence-electron chi connectivity index (χ1n) is 7.80. The van der Waals surface area contributed by atoms with Gasteiger partial charge in [-0.2, -0.15) is 0 Å². The van der Waals surface area contributed by atoms with Crippen molar-refractivity contribution in [1.82, 2.24) is 4.90 Å². The topological polar surface area (TPSA) is 23.5 Å². The lowest BCUT2D eigenvalue weighted by Gasteiger charge is -2.38. The first-order chi connectivity index (χ1) is 9.40. The Morgan fingerprint density at radius 1 is 1.00 bits per heavy atom.